The van der Waals surface area contributed by atoms with E-state index in [1.165, 1.54) is 6.92 Å². The Bertz CT molecular complexity index is 334. The van der Waals surface area contributed by atoms with E-state index in [9.17, 15) is 18.3 Å². The molecule has 0 aliphatic heterocycles. The summed E-state index contributed by atoms with van der Waals surface area (Å²) < 4.78 is 24.4. The van der Waals surface area contributed by atoms with Crippen LogP contribution in [0.15, 0.2) is 0 Å². The standard InChI is InChI=1S/C9H19NO5S/c1-7(2)4-9(3,13)6-10-16(14,15)5-8(11)12/h7,10,13H,4-6H2,1-3H3,(H,11,12). The van der Waals surface area contributed by atoms with Gasteiger partial charge in [-0.1, -0.05) is 13.8 Å². The van der Waals surface area contributed by atoms with Gasteiger partial charge in [0.25, 0.3) is 0 Å². The minimum Gasteiger partial charge on any atom is -0.480 e. The van der Waals surface area contributed by atoms with Gasteiger partial charge in [0.1, 0.15) is 0 Å². The van der Waals surface area contributed by atoms with E-state index in [1.807, 2.05) is 13.8 Å². The molecule has 16 heavy (non-hydrogen) atoms. The highest BCUT2D eigenvalue weighted by Gasteiger charge is 2.25. The zero-order valence-electron chi connectivity index (χ0n) is 9.73. The monoisotopic (exact) mass is 253 g/mol. The zero-order chi connectivity index (χ0) is 13.0. The van der Waals surface area contributed by atoms with E-state index >= 15 is 0 Å². The highest BCUT2D eigenvalue weighted by molar-refractivity contribution is 7.90. The number of carboxylic acids is 1. The quantitative estimate of drug-likeness (QED) is 0.582. The predicted octanol–water partition coefficient (Wildman–Crippen LogP) is -0.212. The number of aliphatic hydroxyl groups is 1. The van der Waals surface area contributed by atoms with E-state index < -0.39 is 27.3 Å². The van der Waals surface area contributed by atoms with Crippen LogP contribution >= 0.6 is 0 Å². The minimum absolute atomic E-state index is 0.180. The molecule has 0 aliphatic rings. The van der Waals surface area contributed by atoms with E-state index in [2.05, 4.69) is 4.72 Å². The summed E-state index contributed by atoms with van der Waals surface area (Å²) in [6, 6.07) is 0. The minimum atomic E-state index is -3.86. The molecule has 0 radical (unpaired) electrons. The second-order valence-electron chi connectivity index (χ2n) is 4.57. The second-order valence-corrected chi connectivity index (χ2v) is 6.38. The van der Waals surface area contributed by atoms with Gasteiger partial charge in [-0.3, -0.25) is 4.79 Å². The fraction of sp³-hybridized carbons (Fsp3) is 0.889. The topological polar surface area (TPSA) is 104 Å². The average molecular weight is 253 g/mol. The highest BCUT2D eigenvalue weighted by Crippen LogP contribution is 2.15. The first-order valence-corrected chi connectivity index (χ1v) is 6.61. The van der Waals surface area contributed by atoms with Crippen LogP contribution in [-0.2, 0) is 14.8 Å². The molecule has 3 N–H and O–H groups in total. The van der Waals surface area contributed by atoms with Gasteiger partial charge in [0.15, 0.2) is 5.75 Å². The molecule has 7 heteroatoms. The molecule has 0 rings (SSSR count). The van der Waals surface area contributed by atoms with Crippen LogP contribution in [0.2, 0.25) is 0 Å². The van der Waals surface area contributed by atoms with Crippen LogP contribution in [0.4, 0.5) is 0 Å². The summed E-state index contributed by atoms with van der Waals surface area (Å²) in [6.45, 7) is 5.14. The molecule has 0 fully saturated rings. The van der Waals surface area contributed by atoms with Crippen molar-refractivity contribution in [2.24, 2.45) is 5.92 Å². The van der Waals surface area contributed by atoms with Crippen LogP contribution in [0.5, 0.6) is 0 Å². The van der Waals surface area contributed by atoms with Crippen molar-refractivity contribution < 1.29 is 23.4 Å². The van der Waals surface area contributed by atoms with Crippen molar-refractivity contribution in [1.29, 1.82) is 0 Å². The Morgan fingerprint density at radius 1 is 1.44 bits per heavy atom. The summed E-state index contributed by atoms with van der Waals surface area (Å²) in [4.78, 5) is 10.2. The molecule has 0 saturated carbocycles. The normalized spacial score (nSPS) is 16.1. The Labute approximate surface area is 95.7 Å². The maximum atomic E-state index is 11.2. The number of aliphatic carboxylic acids is 1. The number of carboxylic acid groups (broad SMARTS) is 1. The molecule has 1 unspecified atom stereocenters. The smallest absolute Gasteiger partial charge is 0.320 e. The number of hydrogen-bond acceptors (Lipinski definition) is 4. The molecule has 0 bridgehead atoms. The predicted molar refractivity (Wildman–Crippen MR) is 59.5 cm³/mol. The third-order valence-electron chi connectivity index (χ3n) is 1.83. The Morgan fingerprint density at radius 3 is 2.31 bits per heavy atom. The van der Waals surface area contributed by atoms with Crippen LogP contribution in [0.1, 0.15) is 27.2 Å². The van der Waals surface area contributed by atoms with Gasteiger partial charge in [-0.2, -0.15) is 0 Å². The van der Waals surface area contributed by atoms with Crippen molar-refractivity contribution in [2.45, 2.75) is 32.8 Å². The maximum absolute atomic E-state index is 11.2. The third kappa shape index (κ3) is 7.61. The lowest BCUT2D eigenvalue weighted by atomic mass is 9.95. The summed E-state index contributed by atoms with van der Waals surface area (Å²) in [5, 5.41) is 18.2. The Balaban J connectivity index is 4.28. The van der Waals surface area contributed by atoms with Crippen LogP contribution in [0, 0.1) is 5.92 Å². The molecule has 0 aromatic carbocycles. The molecule has 0 amide bonds. The Hall–Kier alpha value is -0.660. The molecule has 96 valence electrons. The van der Waals surface area contributed by atoms with E-state index in [0.29, 0.717) is 6.42 Å². The first-order valence-electron chi connectivity index (χ1n) is 4.95. The lowest BCUT2D eigenvalue weighted by molar-refractivity contribution is -0.134. The summed E-state index contributed by atoms with van der Waals surface area (Å²) in [5.74, 6) is -2.18. The first kappa shape index (κ1) is 15.3. The van der Waals surface area contributed by atoms with Crippen molar-refractivity contribution in [3.05, 3.63) is 0 Å². The molecular formula is C9H19NO5S. The molecule has 0 heterocycles. The number of hydrogen-bond donors (Lipinski definition) is 3. The molecule has 6 nitrogen and oxygen atoms in total. The van der Waals surface area contributed by atoms with Gasteiger partial charge in [0.2, 0.25) is 10.0 Å². The van der Waals surface area contributed by atoms with E-state index in [4.69, 9.17) is 5.11 Å². The number of nitrogens with one attached hydrogen (secondary N) is 1. The maximum Gasteiger partial charge on any atom is 0.320 e. The van der Waals surface area contributed by atoms with Crippen molar-refractivity contribution in [3.8, 4) is 0 Å². The summed E-state index contributed by atoms with van der Waals surface area (Å²) in [6.07, 6.45) is 0.433. The van der Waals surface area contributed by atoms with Crippen molar-refractivity contribution >= 4 is 16.0 Å². The zero-order valence-corrected chi connectivity index (χ0v) is 10.5. The van der Waals surface area contributed by atoms with Crippen molar-refractivity contribution in [3.63, 3.8) is 0 Å². The summed E-state index contributed by atoms with van der Waals surface area (Å²) in [7, 11) is -3.86. The van der Waals surface area contributed by atoms with Gasteiger partial charge in [0.05, 0.1) is 5.60 Å². The lowest BCUT2D eigenvalue weighted by Gasteiger charge is -2.25. The molecule has 0 aromatic rings. The molecule has 0 aromatic heterocycles. The van der Waals surface area contributed by atoms with Gasteiger partial charge < -0.3 is 10.2 Å². The fourth-order valence-corrected chi connectivity index (χ4v) is 2.39. The van der Waals surface area contributed by atoms with Crippen LogP contribution in [0.3, 0.4) is 0 Å². The van der Waals surface area contributed by atoms with Crippen molar-refractivity contribution in [2.75, 3.05) is 12.3 Å². The largest absolute Gasteiger partial charge is 0.480 e. The fourth-order valence-electron chi connectivity index (χ4n) is 1.43. The molecule has 0 saturated heterocycles. The number of rotatable bonds is 7. The van der Waals surface area contributed by atoms with Crippen LogP contribution < -0.4 is 4.72 Å². The SMILES string of the molecule is CC(C)CC(C)(O)CNS(=O)(=O)CC(=O)O. The number of carbonyl (C=O) groups is 1. The molecule has 0 aliphatic carbocycles. The second kappa shape index (κ2) is 5.60. The van der Waals surface area contributed by atoms with Gasteiger partial charge in [0, 0.05) is 6.54 Å². The van der Waals surface area contributed by atoms with E-state index in [0.717, 1.165) is 0 Å². The summed E-state index contributed by atoms with van der Waals surface area (Å²) in [5.41, 5.74) is -1.17. The van der Waals surface area contributed by atoms with Crippen LogP contribution in [-0.4, -0.2) is 42.5 Å². The van der Waals surface area contributed by atoms with Gasteiger partial charge in [-0.15, -0.1) is 0 Å². The molecular weight excluding hydrogens is 234 g/mol. The van der Waals surface area contributed by atoms with Gasteiger partial charge in [-0.05, 0) is 19.3 Å². The lowest BCUT2D eigenvalue weighted by Crippen LogP contribution is -2.43. The molecule has 1 atom stereocenters. The van der Waals surface area contributed by atoms with E-state index in [1.54, 1.807) is 0 Å². The van der Waals surface area contributed by atoms with E-state index in [-0.39, 0.29) is 12.5 Å². The summed E-state index contributed by atoms with van der Waals surface area (Å²) >= 11 is 0. The third-order valence-corrected chi connectivity index (χ3v) is 3.05. The number of sulfonamides is 1. The van der Waals surface area contributed by atoms with Gasteiger partial charge >= 0.3 is 5.97 Å². The molecule has 0 spiro atoms. The van der Waals surface area contributed by atoms with Gasteiger partial charge in [-0.25, -0.2) is 13.1 Å². The average Bonchev–Trinajstić information content (AvgIpc) is 1.96. The van der Waals surface area contributed by atoms with Crippen molar-refractivity contribution in [1.82, 2.24) is 4.72 Å². The Kier molecular flexibility index (Phi) is 5.37. The van der Waals surface area contributed by atoms with Crippen LogP contribution in [0.25, 0.3) is 0 Å². The first-order chi connectivity index (χ1) is 7.04. The highest BCUT2D eigenvalue weighted by atomic mass is 32.2. The Morgan fingerprint density at radius 2 is 1.94 bits per heavy atom.